The van der Waals surface area contributed by atoms with Crippen LogP contribution in [-0.2, 0) is 22.2 Å². The van der Waals surface area contributed by atoms with Crippen LogP contribution in [0.3, 0.4) is 0 Å². The molecule has 4 unspecified atom stereocenters. The lowest BCUT2D eigenvalue weighted by atomic mass is 9.87. The fraction of sp³-hybridized carbons (Fsp3) is 0.182. The van der Waals surface area contributed by atoms with Crippen molar-refractivity contribution in [1.29, 1.82) is 0 Å². The second-order valence-corrected chi connectivity index (χ2v) is 14.8. The Morgan fingerprint density at radius 2 is 0.654 bits per heavy atom. The van der Waals surface area contributed by atoms with Crippen LogP contribution in [0.2, 0.25) is 0 Å². The summed E-state index contributed by atoms with van der Waals surface area (Å²) in [6, 6.07) is 8.74. The van der Waals surface area contributed by atoms with E-state index in [0.717, 1.165) is 67.1 Å². The van der Waals surface area contributed by atoms with Gasteiger partial charge in [-0.15, -0.1) is 0 Å². The second kappa shape index (κ2) is 11.6. The Bertz CT molecular complexity index is 2360. The molecule has 3 aromatic rings. The average Bonchev–Trinajstić information content (AvgIpc) is 3.97. The number of nitrogens with one attached hydrogen (secondary N) is 6. The van der Waals surface area contributed by atoms with E-state index >= 15 is 0 Å². The largest absolute Gasteiger partial charge is 0.378 e. The molecule has 0 amide bonds. The monoisotopic (exact) mass is 682 g/mol. The van der Waals surface area contributed by atoms with Gasteiger partial charge in [-0.25, -0.2) is 9.97 Å². The maximum absolute atomic E-state index is 5.45. The van der Waals surface area contributed by atoms with Gasteiger partial charge in [0.05, 0.1) is 44.9 Å². The van der Waals surface area contributed by atoms with Crippen molar-refractivity contribution in [2.45, 2.75) is 49.9 Å². The van der Waals surface area contributed by atoms with Crippen molar-refractivity contribution < 1.29 is 0 Å². The van der Waals surface area contributed by atoms with Crippen molar-refractivity contribution in [3.8, 4) is 0 Å². The molecule has 0 saturated heterocycles. The van der Waals surface area contributed by atoms with Crippen LogP contribution < -0.4 is 21.3 Å². The fourth-order valence-corrected chi connectivity index (χ4v) is 8.30. The number of aromatic amines is 2. The summed E-state index contributed by atoms with van der Waals surface area (Å²) in [6.45, 7) is 8.79. The first-order valence-electron chi connectivity index (χ1n) is 17.8. The molecular formula is C44H42N8. The Morgan fingerprint density at radius 1 is 0.365 bits per heavy atom. The Kier molecular flexibility index (Phi) is 7.09. The minimum absolute atomic E-state index is 0.512. The van der Waals surface area contributed by atoms with Gasteiger partial charge < -0.3 is 31.2 Å². The van der Waals surface area contributed by atoms with Crippen molar-refractivity contribution in [2.75, 3.05) is 0 Å². The van der Waals surface area contributed by atoms with Gasteiger partial charge in [0, 0.05) is 44.3 Å². The van der Waals surface area contributed by atoms with Crippen LogP contribution in [0.25, 0.3) is 46.4 Å². The highest BCUT2D eigenvalue weighted by molar-refractivity contribution is 5.86. The summed E-state index contributed by atoms with van der Waals surface area (Å²) >= 11 is 0. The first-order valence-corrected chi connectivity index (χ1v) is 17.8. The normalized spacial score (nSPS) is 27.8. The topological polar surface area (TPSA) is 105 Å². The lowest BCUT2D eigenvalue weighted by Crippen LogP contribution is -2.37. The Hall–Kier alpha value is -6.28. The zero-order valence-electron chi connectivity index (χ0n) is 29.8. The third-order valence-electron chi connectivity index (χ3n) is 10.9. The summed E-state index contributed by atoms with van der Waals surface area (Å²) in [4.78, 5) is 18.7. The second-order valence-electron chi connectivity index (χ2n) is 14.8. The lowest BCUT2D eigenvalue weighted by Gasteiger charge is -2.31. The van der Waals surface area contributed by atoms with E-state index in [1.165, 1.54) is 0 Å². The van der Waals surface area contributed by atoms with E-state index in [1.54, 1.807) is 0 Å². The molecule has 6 N–H and O–H groups in total. The molecule has 3 aromatic heterocycles. The minimum atomic E-state index is -0.559. The molecule has 4 atom stereocenters. The summed E-state index contributed by atoms with van der Waals surface area (Å²) in [5, 5.41) is 14.6. The van der Waals surface area contributed by atoms with Gasteiger partial charge >= 0.3 is 0 Å². The molecule has 8 bridgehead atoms. The van der Waals surface area contributed by atoms with Gasteiger partial charge in [-0.1, -0.05) is 48.6 Å². The molecule has 52 heavy (non-hydrogen) atoms. The van der Waals surface area contributed by atoms with Crippen LogP contribution in [-0.4, -0.2) is 19.9 Å². The van der Waals surface area contributed by atoms with Crippen molar-refractivity contribution in [1.82, 2.24) is 41.2 Å². The maximum atomic E-state index is 5.45. The Morgan fingerprint density at radius 3 is 0.981 bits per heavy atom. The fourth-order valence-electron chi connectivity index (χ4n) is 8.30. The molecular weight excluding hydrogens is 641 g/mol. The molecule has 0 spiro atoms. The minimum Gasteiger partial charge on any atom is -0.378 e. The van der Waals surface area contributed by atoms with Crippen LogP contribution in [0.1, 0.15) is 72.7 Å². The number of aromatic nitrogens is 4. The molecule has 0 fully saturated rings. The van der Waals surface area contributed by atoms with Crippen LogP contribution >= 0.6 is 0 Å². The molecule has 6 aliphatic heterocycles. The summed E-state index contributed by atoms with van der Waals surface area (Å²) in [7, 11) is 0. The number of dihydropyridines is 4. The average molecular weight is 683 g/mol. The number of hydrogen-bond acceptors (Lipinski definition) is 6. The highest BCUT2D eigenvalue weighted by Gasteiger charge is 2.35. The summed E-state index contributed by atoms with van der Waals surface area (Å²) in [5.74, 6) is 0. The molecule has 0 saturated carbocycles. The summed E-state index contributed by atoms with van der Waals surface area (Å²) in [6.07, 6.45) is 41.8. The smallest absolute Gasteiger partial charge is 0.0821 e. The van der Waals surface area contributed by atoms with Crippen molar-refractivity contribution >= 4 is 46.4 Å². The van der Waals surface area contributed by atoms with E-state index in [9.17, 15) is 0 Å². The number of H-pyrrole nitrogens is 2. The molecule has 6 aliphatic rings. The number of allylic oxidation sites excluding steroid dienone is 8. The zero-order chi connectivity index (χ0) is 35.6. The highest BCUT2D eigenvalue weighted by Crippen LogP contribution is 2.40. The number of rotatable bonds is 4. The summed E-state index contributed by atoms with van der Waals surface area (Å²) < 4.78 is 0. The molecule has 258 valence electrons. The quantitative estimate of drug-likeness (QED) is 0.114. The van der Waals surface area contributed by atoms with E-state index in [4.69, 9.17) is 9.97 Å². The first kappa shape index (κ1) is 31.7. The van der Waals surface area contributed by atoms with Crippen LogP contribution in [0.5, 0.6) is 0 Å². The number of fused-ring (bicyclic) bond motifs is 8. The van der Waals surface area contributed by atoms with Crippen molar-refractivity contribution in [3.05, 3.63) is 167 Å². The highest BCUT2D eigenvalue weighted by atomic mass is 15.0. The van der Waals surface area contributed by atoms with Crippen LogP contribution in [0.4, 0.5) is 0 Å². The first-order chi connectivity index (χ1) is 25.2. The predicted molar refractivity (Wildman–Crippen MR) is 214 cm³/mol. The Labute approximate surface area is 303 Å². The third-order valence-corrected chi connectivity index (χ3v) is 10.9. The van der Waals surface area contributed by atoms with E-state index in [2.05, 4.69) is 156 Å². The lowest BCUT2D eigenvalue weighted by molar-refractivity contribution is 0.517. The van der Waals surface area contributed by atoms with Gasteiger partial charge in [0.1, 0.15) is 0 Å². The SMILES string of the molecule is CC1(c2c3nc(c(C4(C)C=CC=CN4)c4ccc([nH]4)c(C4(C)C=CC=CN4)c4ccc([nH]4)c(C4(C)C=CC=CN4)c4nc2C=C4)C=C3)C=CC=CN1. The molecule has 0 aliphatic carbocycles. The van der Waals surface area contributed by atoms with Gasteiger partial charge in [0.25, 0.3) is 0 Å². The summed E-state index contributed by atoms with van der Waals surface area (Å²) in [5.41, 5.74) is 9.47. The van der Waals surface area contributed by atoms with E-state index in [0.29, 0.717) is 0 Å². The van der Waals surface area contributed by atoms with E-state index in [1.807, 2.05) is 49.1 Å². The van der Waals surface area contributed by atoms with Gasteiger partial charge in [-0.2, -0.15) is 0 Å². The molecule has 8 nitrogen and oxygen atoms in total. The Balaban J connectivity index is 1.46. The van der Waals surface area contributed by atoms with Gasteiger partial charge in [-0.05, 0) is 125 Å². The van der Waals surface area contributed by atoms with Crippen molar-refractivity contribution in [3.63, 3.8) is 0 Å². The molecule has 8 heteroatoms. The standard InChI is InChI=1S/C44H42N8/c1-41(21-5-9-25-45-41)37-29-13-15-31(49-29)38(42(2)22-6-10-26-46-42)33-17-19-35(51-33)40(44(4)24-8-12-28-48-44)36-20-18-34(52-36)39(32-16-14-30(37)50-32)43(3)23-7-11-27-47-43/h5-28,45-50H,1-4H3. The maximum Gasteiger partial charge on any atom is 0.0821 e. The molecule has 9 heterocycles. The van der Waals surface area contributed by atoms with Gasteiger partial charge in [0.2, 0.25) is 0 Å². The molecule has 0 aromatic carbocycles. The predicted octanol–water partition coefficient (Wildman–Crippen LogP) is 8.21. The molecule has 0 radical (unpaired) electrons. The van der Waals surface area contributed by atoms with Crippen molar-refractivity contribution in [2.24, 2.45) is 0 Å². The molecule has 9 rings (SSSR count). The van der Waals surface area contributed by atoms with Crippen LogP contribution in [0, 0.1) is 0 Å². The van der Waals surface area contributed by atoms with Gasteiger partial charge in [-0.3, -0.25) is 0 Å². The van der Waals surface area contributed by atoms with Crippen LogP contribution in [0.15, 0.2) is 122 Å². The zero-order valence-corrected chi connectivity index (χ0v) is 29.8. The van der Waals surface area contributed by atoms with Gasteiger partial charge in [0.15, 0.2) is 0 Å². The third kappa shape index (κ3) is 5.05. The van der Waals surface area contributed by atoms with E-state index in [-0.39, 0.29) is 0 Å². The number of hydrogen-bond donors (Lipinski definition) is 6. The van der Waals surface area contributed by atoms with E-state index < -0.39 is 22.2 Å². The number of nitrogens with zero attached hydrogens (tertiary/aromatic N) is 2.